The number of carboxylic acid groups (broad SMARTS) is 1. The number of rotatable bonds is 9. The Balaban J connectivity index is -0.00000220. The van der Waals surface area contributed by atoms with Gasteiger partial charge in [0.05, 0.1) is 6.54 Å². The van der Waals surface area contributed by atoms with Crippen LogP contribution in [0.5, 0.6) is 0 Å². The van der Waals surface area contributed by atoms with Gasteiger partial charge in [0.25, 0.3) is 0 Å². The molecule has 0 fully saturated rings. The van der Waals surface area contributed by atoms with Crippen LogP contribution < -0.4 is 16.4 Å². The Labute approximate surface area is 136 Å². The van der Waals surface area contributed by atoms with E-state index in [1.165, 1.54) is 6.92 Å². The van der Waals surface area contributed by atoms with E-state index in [-0.39, 0.29) is 17.5 Å². The maximum absolute atomic E-state index is 11.3. The van der Waals surface area contributed by atoms with Gasteiger partial charge < -0.3 is 52.0 Å². The molecule has 1 unspecified atom stereocenters. The molecule has 0 aromatic carbocycles. The highest BCUT2D eigenvalue weighted by Gasteiger charge is 2.56. The Morgan fingerprint density at radius 3 is 1.88 bits per heavy atom. The van der Waals surface area contributed by atoms with Crippen LogP contribution in [0.1, 0.15) is 13.3 Å². The second-order valence-electron chi connectivity index (χ2n) is 4.52. The van der Waals surface area contributed by atoms with Crippen LogP contribution in [0.2, 0.25) is 0 Å². The largest absolute Gasteiger partial charge is 0.480 e. The Bertz CT molecular complexity index is 493. The molecule has 0 heterocycles. The van der Waals surface area contributed by atoms with E-state index >= 15 is 0 Å². The van der Waals surface area contributed by atoms with Crippen molar-refractivity contribution in [3.8, 4) is 0 Å². The quantitative estimate of drug-likeness (QED) is 0.136. The van der Waals surface area contributed by atoms with Crippen LogP contribution in [0.4, 0.5) is 0 Å². The fraction of sp³-hybridized carbons (Fsp3) is 0.750. The van der Waals surface area contributed by atoms with Crippen molar-refractivity contribution in [3.05, 3.63) is 0 Å². The highest BCUT2D eigenvalue weighted by Crippen LogP contribution is 2.67. The number of amides is 1. The molecule has 24 heavy (non-hydrogen) atoms. The zero-order valence-electron chi connectivity index (χ0n) is 12.5. The molecule has 0 saturated heterocycles. The molecule has 0 aliphatic carbocycles. The Morgan fingerprint density at radius 1 is 1.12 bits per heavy atom. The van der Waals surface area contributed by atoms with Crippen LogP contribution in [-0.2, 0) is 18.7 Å². The van der Waals surface area contributed by atoms with Gasteiger partial charge >= 0.3 is 21.2 Å². The first kappa shape index (κ1) is 27.9. The molecule has 1 amide bonds. The topological polar surface area (TPSA) is 283 Å². The molecular weight excluding hydrogens is 376 g/mol. The molecule has 0 aliphatic heterocycles. The predicted octanol–water partition coefficient (Wildman–Crippen LogP) is -4.13. The summed E-state index contributed by atoms with van der Waals surface area (Å²) in [6, 6.07) is -1.13. The van der Waals surface area contributed by atoms with Crippen LogP contribution in [-0.4, -0.2) is 71.7 Å². The van der Waals surface area contributed by atoms with Crippen molar-refractivity contribution in [1.82, 2.24) is 10.6 Å². The number of nitrogens with one attached hydrogen (secondary N) is 2. The summed E-state index contributed by atoms with van der Waals surface area (Å²) >= 11 is 0. The maximum atomic E-state index is 11.3. The van der Waals surface area contributed by atoms with Crippen LogP contribution in [0.25, 0.3) is 0 Å². The number of carboxylic acids is 1. The van der Waals surface area contributed by atoms with E-state index in [0.29, 0.717) is 0 Å². The summed E-state index contributed by atoms with van der Waals surface area (Å²) < 4.78 is 22.3. The zero-order valence-corrected chi connectivity index (χ0v) is 14.3. The van der Waals surface area contributed by atoms with E-state index in [2.05, 4.69) is 10.6 Å². The van der Waals surface area contributed by atoms with Crippen LogP contribution in [0, 0.1) is 0 Å². The maximum Gasteiger partial charge on any atom is 0.357 e. The van der Waals surface area contributed by atoms with Crippen LogP contribution in [0.15, 0.2) is 0 Å². The van der Waals surface area contributed by atoms with Crippen molar-refractivity contribution in [1.29, 1.82) is 0 Å². The van der Waals surface area contributed by atoms with E-state index in [9.17, 15) is 18.7 Å². The number of carbonyl (C=O) groups is 2. The standard InChI is InChI=1S/C8H19N3O9P2.2H2O/c1-5(7(13)14)11-6(12)4-10-3-2-8(9,21(15,16)17)22(18,19)20;;/h5,10H,2-4,9H2,1H3,(H,11,12)(H,13,14)(H2,15,16,17)(H2,18,19,20);2*1H2. The van der Waals surface area contributed by atoms with Crippen molar-refractivity contribution in [3.63, 3.8) is 0 Å². The molecule has 0 aromatic rings. The highest BCUT2D eigenvalue weighted by molar-refractivity contribution is 7.72. The lowest BCUT2D eigenvalue weighted by molar-refractivity contribution is -0.141. The minimum Gasteiger partial charge on any atom is -0.480 e. The smallest absolute Gasteiger partial charge is 0.357 e. The molecular formula is C8H23N3O11P2. The summed E-state index contributed by atoms with van der Waals surface area (Å²) in [5.41, 5.74) is 5.14. The Hall–Kier alpha value is -0.920. The lowest BCUT2D eigenvalue weighted by Gasteiger charge is -2.30. The second-order valence-corrected chi connectivity index (χ2v) is 8.65. The van der Waals surface area contributed by atoms with E-state index in [4.69, 9.17) is 30.4 Å². The van der Waals surface area contributed by atoms with Crippen molar-refractivity contribution in [2.24, 2.45) is 5.73 Å². The van der Waals surface area contributed by atoms with Gasteiger partial charge in [-0.3, -0.25) is 18.7 Å². The summed E-state index contributed by atoms with van der Waals surface area (Å²) in [5.74, 6) is -1.97. The molecule has 1 atom stereocenters. The predicted molar refractivity (Wildman–Crippen MR) is 81.0 cm³/mol. The van der Waals surface area contributed by atoms with E-state index in [0.717, 1.165) is 0 Å². The van der Waals surface area contributed by atoms with Gasteiger partial charge in [0, 0.05) is 6.42 Å². The lowest BCUT2D eigenvalue weighted by atomic mass is 10.3. The lowest BCUT2D eigenvalue weighted by Crippen LogP contribution is -2.45. The normalized spacial score (nSPS) is 13.2. The summed E-state index contributed by atoms with van der Waals surface area (Å²) in [6.45, 7) is 0.421. The average molecular weight is 399 g/mol. The van der Waals surface area contributed by atoms with Crippen molar-refractivity contribution < 1.29 is 54.4 Å². The number of hydrogen-bond acceptors (Lipinski definition) is 6. The molecule has 0 rings (SSSR count). The molecule has 0 radical (unpaired) electrons. The van der Waals surface area contributed by atoms with Gasteiger partial charge in [0.15, 0.2) is 0 Å². The van der Waals surface area contributed by atoms with Gasteiger partial charge in [-0.1, -0.05) is 0 Å². The molecule has 0 aliphatic rings. The van der Waals surface area contributed by atoms with Gasteiger partial charge in [-0.25, -0.2) is 0 Å². The molecule has 0 bridgehead atoms. The molecule has 16 heteroatoms. The SMILES string of the molecule is CC(NC(=O)CNCCC(N)(P(=O)(O)O)P(=O)(O)O)C(=O)O.O.O. The summed E-state index contributed by atoms with van der Waals surface area (Å²) in [7, 11) is -10.6. The van der Waals surface area contributed by atoms with Gasteiger partial charge in [-0.2, -0.15) is 0 Å². The van der Waals surface area contributed by atoms with Gasteiger partial charge in [-0.15, -0.1) is 0 Å². The summed E-state index contributed by atoms with van der Waals surface area (Å²) in [5, 5.41) is 9.96. The van der Waals surface area contributed by atoms with Crippen molar-refractivity contribution in [2.45, 2.75) is 24.4 Å². The third kappa shape index (κ3) is 7.77. The van der Waals surface area contributed by atoms with E-state index < -0.39 is 51.1 Å². The number of carbonyl (C=O) groups excluding carboxylic acids is 1. The second kappa shape index (κ2) is 10.2. The fourth-order valence-corrected chi connectivity index (χ4v) is 3.45. The van der Waals surface area contributed by atoms with Crippen LogP contribution >= 0.6 is 15.2 Å². The summed E-state index contributed by atoms with van der Waals surface area (Å²) in [4.78, 5) is 57.7. The molecule has 14 nitrogen and oxygen atoms in total. The third-order valence-electron chi connectivity index (χ3n) is 2.71. The number of nitrogens with two attached hydrogens (primary N) is 1. The first-order valence-electron chi connectivity index (χ1n) is 5.85. The third-order valence-corrected chi connectivity index (χ3v) is 6.74. The Kier molecular flexibility index (Phi) is 11.8. The molecule has 0 spiro atoms. The van der Waals surface area contributed by atoms with E-state index in [1.807, 2.05) is 0 Å². The first-order valence-corrected chi connectivity index (χ1v) is 9.08. The zero-order chi connectivity index (χ0) is 17.8. The van der Waals surface area contributed by atoms with Gasteiger partial charge in [0.1, 0.15) is 6.04 Å². The highest BCUT2D eigenvalue weighted by atomic mass is 31.2. The summed E-state index contributed by atoms with van der Waals surface area (Å²) in [6.07, 6.45) is -0.802. The Morgan fingerprint density at radius 2 is 1.54 bits per heavy atom. The van der Waals surface area contributed by atoms with E-state index in [1.54, 1.807) is 0 Å². The molecule has 13 N–H and O–H groups in total. The molecule has 146 valence electrons. The van der Waals surface area contributed by atoms with Gasteiger partial charge in [-0.05, 0) is 13.5 Å². The van der Waals surface area contributed by atoms with Crippen LogP contribution in [0.3, 0.4) is 0 Å². The minimum atomic E-state index is -5.31. The van der Waals surface area contributed by atoms with Crippen molar-refractivity contribution in [2.75, 3.05) is 13.1 Å². The number of aliphatic carboxylic acids is 1. The van der Waals surface area contributed by atoms with Gasteiger partial charge in [0.2, 0.25) is 10.9 Å². The number of hydrogen-bond donors (Lipinski definition) is 8. The molecule has 0 saturated carbocycles. The fourth-order valence-electron chi connectivity index (χ4n) is 1.29. The average Bonchev–Trinajstić information content (AvgIpc) is 2.31. The minimum absolute atomic E-state index is 0. The monoisotopic (exact) mass is 399 g/mol. The van der Waals surface area contributed by atoms with Crippen molar-refractivity contribution >= 4 is 27.1 Å². The molecule has 0 aromatic heterocycles. The first-order chi connectivity index (χ1) is 9.72.